The van der Waals surface area contributed by atoms with Crippen molar-refractivity contribution in [1.29, 1.82) is 0 Å². The molecule has 1 atom stereocenters. The van der Waals surface area contributed by atoms with Gasteiger partial charge in [0.15, 0.2) is 16.6 Å². The molecule has 1 aromatic heterocycles. The summed E-state index contributed by atoms with van der Waals surface area (Å²) in [4.78, 5) is 20.0. The molecule has 3 heterocycles. The standard InChI is InChI=1S/C22H22N2O4S/c1-14-4-6-17-20(11-14)29-22(23-17)24(13-16-3-2-8-26-16)21(25)15-5-7-18-19(12-15)28-10-9-27-18/h4-7,11-12,16H,2-3,8-10,13H2,1H3. The average molecular weight is 410 g/mol. The third-order valence-electron chi connectivity index (χ3n) is 5.21. The highest BCUT2D eigenvalue weighted by Crippen LogP contribution is 2.34. The summed E-state index contributed by atoms with van der Waals surface area (Å²) in [6.07, 6.45) is 2.01. The predicted molar refractivity (Wildman–Crippen MR) is 112 cm³/mol. The van der Waals surface area contributed by atoms with Gasteiger partial charge in [0, 0.05) is 12.2 Å². The van der Waals surface area contributed by atoms with Crippen LogP contribution in [0.1, 0.15) is 28.8 Å². The van der Waals surface area contributed by atoms with Crippen LogP contribution in [0.25, 0.3) is 10.2 Å². The second-order valence-electron chi connectivity index (χ2n) is 7.38. The second kappa shape index (κ2) is 7.65. The van der Waals surface area contributed by atoms with Crippen molar-refractivity contribution in [2.24, 2.45) is 0 Å². The molecule has 5 rings (SSSR count). The van der Waals surface area contributed by atoms with Crippen LogP contribution in [-0.4, -0.2) is 43.4 Å². The van der Waals surface area contributed by atoms with E-state index in [2.05, 4.69) is 13.0 Å². The lowest BCUT2D eigenvalue weighted by atomic mass is 10.1. The van der Waals surface area contributed by atoms with Gasteiger partial charge in [0.25, 0.3) is 5.91 Å². The minimum atomic E-state index is -0.103. The Kier molecular flexibility index (Phi) is 4.85. The number of hydrogen-bond acceptors (Lipinski definition) is 6. The van der Waals surface area contributed by atoms with Crippen molar-refractivity contribution in [2.45, 2.75) is 25.9 Å². The van der Waals surface area contributed by atoms with Crippen LogP contribution in [0.2, 0.25) is 0 Å². The van der Waals surface area contributed by atoms with Crippen molar-refractivity contribution < 1.29 is 19.0 Å². The number of aryl methyl sites for hydroxylation is 1. The molecule has 0 aliphatic carbocycles. The second-order valence-corrected chi connectivity index (χ2v) is 8.39. The van der Waals surface area contributed by atoms with Gasteiger partial charge in [-0.1, -0.05) is 17.4 Å². The van der Waals surface area contributed by atoms with Gasteiger partial charge in [0.1, 0.15) is 13.2 Å². The Labute approximate surface area is 173 Å². The van der Waals surface area contributed by atoms with E-state index in [0.717, 1.165) is 29.7 Å². The third kappa shape index (κ3) is 3.68. The molecule has 0 saturated carbocycles. The monoisotopic (exact) mass is 410 g/mol. The van der Waals surface area contributed by atoms with Gasteiger partial charge in [-0.15, -0.1) is 0 Å². The van der Waals surface area contributed by atoms with Crippen molar-refractivity contribution >= 4 is 32.6 Å². The number of nitrogens with zero attached hydrogens (tertiary/aromatic N) is 2. The number of aromatic nitrogens is 1. The van der Waals surface area contributed by atoms with Crippen LogP contribution in [0, 0.1) is 6.92 Å². The summed E-state index contributed by atoms with van der Waals surface area (Å²) in [5.41, 5.74) is 2.64. The van der Waals surface area contributed by atoms with Crippen molar-refractivity contribution in [2.75, 3.05) is 31.3 Å². The largest absolute Gasteiger partial charge is 0.486 e. The maximum atomic E-state index is 13.5. The molecule has 150 valence electrons. The van der Waals surface area contributed by atoms with E-state index >= 15 is 0 Å². The SMILES string of the molecule is Cc1ccc2nc(N(CC3CCCO3)C(=O)c3ccc4c(c3)OCCO4)sc2c1. The number of fused-ring (bicyclic) bond motifs is 2. The van der Waals surface area contributed by atoms with E-state index in [4.69, 9.17) is 19.2 Å². The van der Waals surface area contributed by atoms with Crippen LogP contribution in [0.4, 0.5) is 5.13 Å². The molecule has 29 heavy (non-hydrogen) atoms. The van der Waals surface area contributed by atoms with E-state index in [9.17, 15) is 4.79 Å². The molecule has 1 amide bonds. The van der Waals surface area contributed by atoms with Crippen molar-refractivity contribution in [3.8, 4) is 11.5 Å². The molecule has 0 bridgehead atoms. The first kappa shape index (κ1) is 18.4. The number of ether oxygens (including phenoxy) is 3. The van der Waals surface area contributed by atoms with Crippen molar-refractivity contribution in [3.63, 3.8) is 0 Å². The number of rotatable bonds is 4. The van der Waals surface area contributed by atoms with Crippen LogP contribution in [0.3, 0.4) is 0 Å². The fourth-order valence-electron chi connectivity index (χ4n) is 3.71. The molecule has 0 N–H and O–H groups in total. The van der Waals surface area contributed by atoms with Crippen LogP contribution in [0.5, 0.6) is 11.5 Å². The van der Waals surface area contributed by atoms with Crippen molar-refractivity contribution in [3.05, 3.63) is 47.5 Å². The van der Waals surface area contributed by atoms with Gasteiger partial charge in [-0.25, -0.2) is 4.98 Å². The first-order valence-electron chi connectivity index (χ1n) is 9.88. The normalized spacial score (nSPS) is 18.2. The highest BCUT2D eigenvalue weighted by molar-refractivity contribution is 7.22. The number of hydrogen-bond donors (Lipinski definition) is 0. The molecule has 7 heteroatoms. The first-order valence-corrected chi connectivity index (χ1v) is 10.7. The number of benzene rings is 2. The zero-order valence-corrected chi connectivity index (χ0v) is 17.0. The van der Waals surface area contributed by atoms with Crippen LogP contribution in [-0.2, 0) is 4.74 Å². The van der Waals surface area contributed by atoms with Gasteiger partial charge in [0.2, 0.25) is 0 Å². The molecule has 1 fully saturated rings. The first-order chi connectivity index (χ1) is 14.2. The van der Waals surface area contributed by atoms with Gasteiger partial charge in [-0.3, -0.25) is 9.69 Å². The molecule has 2 aromatic carbocycles. The lowest BCUT2D eigenvalue weighted by molar-refractivity contribution is 0.0916. The zero-order chi connectivity index (χ0) is 19.8. The Balaban J connectivity index is 1.51. The molecular weight excluding hydrogens is 388 g/mol. The van der Waals surface area contributed by atoms with Gasteiger partial charge in [0.05, 0.1) is 22.9 Å². The van der Waals surface area contributed by atoms with Gasteiger partial charge < -0.3 is 14.2 Å². The Bertz CT molecular complexity index is 1060. The summed E-state index contributed by atoms with van der Waals surface area (Å²) in [5.74, 6) is 1.18. The van der Waals surface area contributed by atoms with Gasteiger partial charge >= 0.3 is 0 Å². The zero-order valence-electron chi connectivity index (χ0n) is 16.2. The molecule has 2 aliphatic heterocycles. The molecule has 0 spiro atoms. The van der Waals surface area contributed by atoms with Crippen LogP contribution >= 0.6 is 11.3 Å². The van der Waals surface area contributed by atoms with Gasteiger partial charge in [-0.2, -0.15) is 0 Å². The summed E-state index contributed by atoms with van der Waals surface area (Å²) in [7, 11) is 0. The maximum absolute atomic E-state index is 13.5. The summed E-state index contributed by atoms with van der Waals surface area (Å²) in [5, 5.41) is 0.695. The molecular formula is C22H22N2O4S. The Morgan fingerprint density at radius 3 is 2.83 bits per heavy atom. The van der Waals surface area contributed by atoms with E-state index in [1.54, 1.807) is 23.1 Å². The van der Waals surface area contributed by atoms with E-state index in [-0.39, 0.29) is 12.0 Å². The Morgan fingerprint density at radius 2 is 2.00 bits per heavy atom. The summed E-state index contributed by atoms with van der Waals surface area (Å²) in [6.45, 7) is 4.31. The summed E-state index contributed by atoms with van der Waals surface area (Å²) < 4.78 is 18.1. The Morgan fingerprint density at radius 1 is 1.14 bits per heavy atom. The number of anilines is 1. The van der Waals surface area contributed by atoms with E-state index < -0.39 is 0 Å². The topological polar surface area (TPSA) is 60.9 Å². The lowest BCUT2D eigenvalue weighted by Crippen LogP contribution is -2.37. The minimum absolute atomic E-state index is 0.0323. The number of carbonyl (C=O) groups is 1. The number of thiazole rings is 1. The number of amides is 1. The molecule has 3 aromatic rings. The highest BCUT2D eigenvalue weighted by Gasteiger charge is 2.28. The van der Waals surface area contributed by atoms with E-state index in [1.165, 1.54) is 16.9 Å². The quantitative estimate of drug-likeness (QED) is 0.645. The summed E-state index contributed by atoms with van der Waals surface area (Å²) in [6, 6.07) is 11.5. The minimum Gasteiger partial charge on any atom is -0.486 e. The average Bonchev–Trinajstić information content (AvgIpc) is 3.40. The fraction of sp³-hybridized carbons (Fsp3) is 0.364. The molecule has 6 nitrogen and oxygen atoms in total. The predicted octanol–water partition coefficient (Wildman–Crippen LogP) is 4.20. The molecule has 1 saturated heterocycles. The van der Waals surface area contributed by atoms with Crippen LogP contribution < -0.4 is 14.4 Å². The van der Waals surface area contributed by atoms with Gasteiger partial charge in [-0.05, 0) is 55.7 Å². The van der Waals surface area contributed by atoms with Crippen molar-refractivity contribution in [1.82, 2.24) is 4.98 Å². The van der Waals surface area contributed by atoms with E-state index in [0.29, 0.717) is 42.0 Å². The fourth-order valence-corrected chi connectivity index (χ4v) is 4.78. The smallest absolute Gasteiger partial charge is 0.260 e. The maximum Gasteiger partial charge on any atom is 0.260 e. The highest BCUT2D eigenvalue weighted by atomic mass is 32.1. The molecule has 2 aliphatic rings. The number of carbonyl (C=O) groups excluding carboxylic acids is 1. The molecule has 1 unspecified atom stereocenters. The van der Waals surface area contributed by atoms with E-state index in [1.807, 2.05) is 12.1 Å². The Hall–Kier alpha value is -2.64. The van der Waals surface area contributed by atoms with Crippen LogP contribution in [0.15, 0.2) is 36.4 Å². The third-order valence-corrected chi connectivity index (χ3v) is 6.25. The molecule has 0 radical (unpaired) electrons. The summed E-state index contributed by atoms with van der Waals surface area (Å²) >= 11 is 1.54. The lowest BCUT2D eigenvalue weighted by Gasteiger charge is -2.24.